The van der Waals surface area contributed by atoms with Crippen LogP contribution in [-0.4, -0.2) is 39.8 Å². The Hall–Kier alpha value is -2.19. The number of ether oxygens (including phenoxy) is 1. The smallest absolute Gasteiger partial charge is 0.291 e. The molecule has 0 radical (unpaired) electrons. The highest BCUT2D eigenvalue weighted by Crippen LogP contribution is 2.24. The molecule has 0 saturated carbocycles. The second kappa shape index (κ2) is 8.01. The molecule has 26 heavy (non-hydrogen) atoms. The second-order valence-electron chi connectivity index (χ2n) is 6.10. The summed E-state index contributed by atoms with van der Waals surface area (Å²) in [6.07, 6.45) is 1.24. The van der Waals surface area contributed by atoms with Crippen LogP contribution in [0.2, 0.25) is 0 Å². The van der Waals surface area contributed by atoms with Gasteiger partial charge in [-0.05, 0) is 44.2 Å². The average molecular weight is 376 g/mol. The van der Waals surface area contributed by atoms with Gasteiger partial charge in [-0.15, -0.1) is 11.3 Å². The number of nitrogens with one attached hydrogen (secondary N) is 1. The van der Waals surface area contributed by atoms with Gasteiger partial charge in [0, 0.05) is 19.8 Å². The van der Waals surface area contributed by atoms with Gasteiger partial charge in [0.1, 0.15) is 17.4 Å². The van der Waals surface area contributed by atoms with E-state index < -0.39 is 6.04 Å². The summed E-state index contributed by atoms with van der Waals surface area (Å²) >= 11 is 1.59. The van der Waals surface area contributed by atoms with Crippen molar-refractivity contribution in [1.29, 1.82) is 0 Å². The minimum atomic E-state index is -0.619. The number of amides is 1. The molecule has 0 aliphatic rings. The Morgan fingerprint density at radius 1 is 1.38 bits per heavy atom. The van der Waals surface area contributed by atoms with Crippen LogP contribution < -0.4 is 10.9 Å². The summed E-state index contributed by atoms with van der Waals surface area (Å²) in [5, 5.41) is 9.32. The molecule has 0 aromatic carbocycles. The molecule has 0 spiro atoms. The molecule has 0 aliphatic heterocycles. The topological polar surface area (TPSA) is 77.6 Å². The standard InChI is InChI=1S/C18H24N4O3S/c1-4-13(17(23)19-8-6-9-25-5-2)22-18(24)15-11-16-14(7-10-26-16)21(15)12(3)20-22/h7,10-11,13H,4-6,8-9H2,1-3H3,(H,19,23)/t13-/m1/s1. The van der Waals surface area contributed by atoms with Crippen molar-refractivity contribution < 1.29 is 9.53 Å². The number of hydrogen-bond acceptors (Lipinski definition) is 5. The maximum atomic E-state index is 13.0. The number of hydrogen-bond donors (Lipinski definition) is 1. The number of thiophene rings is 1. The molecule has 3 heterocycles. The molecule has 1 N–H and O–H groups in total. The summed E-state index contributed by atoms with van der Waals surface area (Å²) in [4.78, 5) is 25.5. The summed E-state index contributed by atoms with van der Waals surface area (Å²) in [6.45, 7) is 7.47. The fourth-order valence-electron chi connectivity index (χ4n) is 3.12. The van der Waals surface area contributed by atoms with Crippen LogP contribution in [0, 0.1) is 6.92 Å². The molecular formula is C18H24N4O3S. The number of carbonyl (C=O) groups excluding carboxylic acids is 1. The van der Waals surface area contributed by atoms with E-state index in [1.54, 1.807) is 11.3 Å². The van der Waals surface area contributed by atoms with Gasteiger partial charge in [-0.25, -0.2) is 4.68 Å². The van der Waals surface area contributed by atoms with E-state index in [9.17, 15) is 9.59 Å². The Balaban J connectivity index is 1.88. The lowest BCUT2D eigenvalue weighted by atomic mass is 10.2. The number of rotatable bonds is 8. The fourth-order valence-corrected chi connectivity index (χ4v) is 3.93. The zero-order valence-corrected chi connectivity index (χ0v) is 16.1. The molecule has 140 valence electrons. The van der Waals surface area contributed by atoms with Gasteiger partial charge in [0.25, 0.3) is 5.56 Å². The average Bonchev–Trinajstić information content (AvgIpc) is 3.20. The summed E-state index contributed by atoms with van der Waals surface area (Å²) in [6, 6.07) is 3.24. The third-order valence-electron chi connectivity index (χ3n) is 4.38. The molecule has 0 fully saturated rings. The highest BCUT2D eigenvalue weighted by Gasteiger charge is 2.23. The SMILES string of the molecule is CCOCCCNC(=O)[C@@H](CC)n1nc(C)n2c(cc3sccc32)c1=O. The lowest BCUT2D eigenvalue weighted by molar-refractivity contribution is -0.124. The number of aromatic nitrogens is 3. The molecule has 1 atom stereocenters. The number of carbonyl (C=O) groups is 1. The van der Waals surface area contributed by atoms with E-state index in [1.165, 1.54) is 4.68 Å². The van der Waals surface area contributed by atoms with Crippen molar-refractivity contribution in [1.82, 2.24) is 19.5 Å². The largest absolute Gasteiger partial charge is 0.382 e. The van der Waals surface area contributed by atoms with Crippen molar-refractivity contribution in [2.24, 2.45) is 0 Å². The third kappa shape index (κ3) is 3.39. The van der Waals surface area contributed by atoms with Crippen molar-refractivity contribution in [3.8, 4) is 0 Å². The van der Waals surface area contributed by atoms with Gasteiger partial charge >= 0.3 is 0 Å². The highest BCUT2D eigenvalue weighted by atomic mass is 32.1. The van der Waals surface area contributed by atoms with Gasteiger partial charge in [0.15, 0.2) is 0 Å². The molecule has 3 aromatic rings. The molecule has 8 heteroatoms. The molecular weight excluding hydrogens is 352 g/mol. The van der Waals surface area contributed by atoms with E-state index in [-0.39, 0.29) is 11.5 Å². The summed E-state index contributed by atoms with van der Waals surface area (Å²) in [5.74, 6) is 0.506. The number of fused-ring (bicyclic) bond motifs is 3. The van der Waals surface area contributed by atoms with Crippen molar-refractivity contribution in [2.75, 3.05) is 19.8 Å². The lowest BCUT2D eigenvalue weighted by Crippen LogP contribution is -2.39. The van der Waals surface area contributed by atoms with Gasteiger partial charge in [0.2, 0.25) is 5.91 Å². The molecule has 3 aromatic heterocycles. The monoisotopic (exact) mass is 376 g/mol. The Bertz CT molecular complexity index is 972. The predicted octanol–water partition coefficient (Wildman–Crippen LogP) is 2.51. The maximum Gasteiger partial charge on any atom is 0.291 e. The zero-order chi connectivity index (χ0) is 18.7. The van der Waals surface area contributed by atoms with Crippen LogP contribution >= 0.6 is 11.3 Å². The van der Waals surface area contributed by atoms with Gasteiger partial charge in [-0.3, -0.25) is 14.0 Å². The van der Waals surface area contributed by atoms with Crippen molar-refractivity contribution in [3.05, 3.63) is 33.7 Å². The first-order valence-corrected chi connectivity index (χ1v) is 9.80. The fraction of sp³-hybridized carbons (Fsp3) is 0.500. The van der Waals surface area contributed by atoms with E-state index in [2.05, 4.69) is 10.4 Å². The number of nitrogens with zero attached hydrogens (tertiary/aromatic N) is 3. The highest BCUT2D eigenvalue weighted by molar-refractivity contribution is 7.17. The Labute approximate surface area is 155 Å². The van der Waals surface area contributed by atoms with Gasteiger partial charge in [0.05, 0.1) is 10.2 Å². The molecule has 0 bridgehead atoms. The van der Waals surface area contributed by atoms with Crippen LogP contribution in [0.5, 0.6) is 0 Å². The van der Waals surface area contributed by atoms with Crippen LogP contribution in [0.1, 0.15) is 38.6 Å². The first kappa shape index (κ1) is 18.6. The van der Waals surface area contributed by atoms with Crippen LogP contribution in [-0.2, 0) is 9.53 Å². The minimum absolute atomic E-state index is 0.185. The third-order valence-corrected chi connectivity index (χ3v) is 5.23. The van der Waals surface area contributed by atoms with Gasteiger partial charge in [-0.1, -0.05) is 6.92 Å². The quantitative estimate of drug-likeness (QED) is 0.613. The maximum absolute atomic E-state index is 13.0. The molecule has 0 saturated heterocycles. The Kier molecular flexibility index (Phi) is 5.73. The van der Waals surface area contributed by atoms with E-state index >= 15 is 0 Å². The van der Waals surface area contributed by atoms with E-state index in [4.69, 9.17) is 4.74 Å². The summed E-state index contributed by atoms with van der Waals surface area (Å²) in [5.41, 5.74) is 1.30. The lowest BCUT2D eigenvalue weighted by Gasteiger charge is -2.18. The number of aryl methyl sites for hydroxylation is 1. The first-order valence-electron chi connectivity index (χ1n) is 8.92. The van der Waals surface area contributed by atoms with Gasteiger partial charge in [-0.2, -0.15) is 5.10 Å². The van der Waals surface area contributed by atoms with E-state index in [1.807, 2.05) is 42.7 Å². The molecule has 1 amide bonds. The van der Waals surface area contributed by atoms with Crippen molar-refractivity contribution >= 4 is 33.0 Å². The molecule has 7 nitrogen and oxygen atoms in total. The predicted molar refractivity (Wildman–Crippen MR) is 103 cm³/mol. The normalized spacial score (nSPS) is 12.7. The molecule has 0 aliphatic carbocycles. The molecule has 3 rings (SSSR count). The summed E-state index contributed by atoms with van der Waals surface area (Å²) in [7, 11) is 0. The van der Waals surface area contributed by atoms with Crippen LogP contribution in [0.4, 0.5) is 0 Å². The van der Waals surface area contributed by atoms with Crippen LogP contribution in [0.15, 0.2) is 22.3 Å². The summed E-state index contributed by atoms with van der Waals surface area (Å²) < 4.78 is 9.49. The Morgan fingerprint density at radius 3 is 2.92 bits per heavy atom. The van der Waals surface area contributed by atoms with E-state index in [0.717, 1.165) is 16.6 Å². The van der Waals surface area contributed by atoms with Crippen molar-refractivity contribution in [2.45, 2.75) is 39.7 Å². The first-order chi connectivity index (χ1) is 12.6. The second-order valence-corrected chi connectivity index (χ2v) is 7.05. The van der Waals surface area contributed by atoms with Crippen LogP contribution in [0.25, 0.3) is 15.7 Å². The zero-order valence-electron chi connectivity index (χ0n) is 15.3. The van der Waals surface area contributed by atoms with Gasteiger partial charge < -0.3 is 10.1 Å². The van der Waals surface area contributed by atoms with Crippen LogP contribution in [0.3, 0.4) is 0 Å². The van der Waals surface area contributed by atoms with Crippen molar-refractivity contribution in [3.63, 3.8) is 0 Å². The molecule has 0 unspecified atom stereocenters. The minimum Gasteiger partial charge on any atom is -0.382 e. The Morgan fingerprint density at radius 2 is 2.19 bits per heavy atom. The van der Waals surface area contributed by atoms with E-state index in [0.29, 0.717) is 37.5 Å².